The molecule has 2 nitrogen and oxygen atoms in total. The van der Waals surface area contributed by atoms with Crippen LogP contribution in [0.1, 0.15) is 36.0 Å². The maximum absolute atomic E-state index is 5.86. The summed E-state index contributed by atoms with van der Waals surface area (Å²) in [5.74, 6) is 0.683. The fourth-order valence-corrected chi connectivity index (χ4v) is 1.45. The van der Waals surface area contributed by atoms with Crippen LogP contribution in [0, 0.1) is 5.92 Å². The maximum atomic E-state index is 5.86. The first-order valence-electron chi connectivity index (χ1n) is 5.11. The Hall–Kier alpha value is -0.0800. The van der Waals surface area contributed by atoms with Gasteiger partial charge in [-0.2, -0.15) is 0 Å². The van der Waals surface area contributed by atoms with E-state index in [-0.39, 0.29) is 1.43 Å². The van der Waals surface area contributed by atoms with Gasteiger partial charge in [0.2, 0.25) is 0 Å². The van der Waals surface area contributed by atoms with Gasteiger partial charge < -0.3 is 5.73 Å². The van der Waals surface area contributed by atoms with Crippen molar-refractivity contribution < 1.29 is 1.43 Å². The number of likely N-dealkylation sites (tertiary alicyclic amines) is 1. The molecule has 0 unspecified atom stereocenters. The van der Waals surface area contributed by atoms with Crippen LogP contribution in [0.4, 0.5) is 0 Å². The van der Waals surface area contributed by atoms with Gasteiger partial charge in [-0.05, 0) is 19.8 Å². The Balaban J connectivity index is 0. The number of nitrogens with two attached hydrogens (primary N) is 1. The predicted molar refractivity (Wildman–Crippen MR) is 57.3 cm³/mol. The highest BCUT2D eigenvalue weighted by Crippen LogP contribution is 2.16. The maximum Gasteiger partial charge on any atom is 0.0206 e. The van der Waals surface area contributed by atoms with Gasteiger partial charge in [0.25, 0.3) is 0 Å². The normalized spacial score (nSPS) is 30.2. The van der Waals surface area contributed by atoms with E-state index in [1.54, 1.807) is 0 Å². The van der Waals surface area contributed by atoms with Crippen molar-refractivity contribution in [3.8, 4) is 0 Å². The molecule has 0 saturated carbocycles. The van der Waals surface area contributed by atoms with Crippen LogP contribution in [0.15, 0.2) is 0 Å². The summed E-state index contributed by atoms with van der Waals surface area (Å²) in [4.78, 5) is 2.44. The molecule has 0 radical (unpaired) electrons. The first-order valence-corrected chi connectivity index (χ1v) is 5.11. The Morgan fingerprint density at radius 2 is 1.83 bits per heavy atom. The molecule has 76 valence electrons. The summed E-state index contributed by atoms with van der Waals surface area (Å²) in [6, 6.07) is 1.07. The molecular formula is C10H26N2. The van der Waals surface area contributed by atoms with Crippen LogP contribution >= 0.6 is 0 Å². The molecule has 0 aliphatic carbocycles. The largest absolute Gasteiger partial charge is 0.326 e. The van der Waals surface area contributed by atoms with Gasteiger partial charge in [0.05, 0.1) is 0 Å². The number of nitrogens with zero attached hydrogens (tertiary/aromatic N) is 1. The van der Waals surface area contributed by atoms with Crippen molar-refractivity contribution in [1.82, 2.24) is 4.90 Å². The topological polar surface area (TPSA) is 29.3 Å². The average Bonchev–Trinajstić information content (AvgIpc) is 2.36. The lowest BCUT2D eigenvalue weighted by Crippen LogP contribution is -2.31. The van der Waals surface area contributed by atoms with Crippen molar-refractivity contribution in [3.63, 3.8) is 0 Å². The highest BCUT2D eigenvalue weighted by Gasteiger charge is 2.27. The van der Waals surface area contributed by atoms with E-state index in [0.717, 1.165) is 6.54 Å². The van der Waals surface area contributed by atoms with E-state index >= 15 is 0 Å². The minimum Gasteiger partial charge on any atom is -0.326 e. The first kappa shape index (κ1) is 11.9. The molecule has 1 fully saturated rings. The molecule has 12 heavy (non-hydrogen) atoms. The zero-order valence-electron chi connectivity index (χ0n) is 9.17. The molecule has 1 rings (SSSR count). The second kappa shape index (κ2) is 5.55. The SMILES string of the molecule is CC.CC(C)N1C[C@@H](C)[C@@H](N)C1.[HH]. The molecule has 1 saturated heterocycles. The van der Waals surface area contributed by atoms with E-state index in [9.17, 15) is 0 Å². The third-order valence-corrected chi connectivity index (χ3v) is 2.43. The first-order chi connectivity index (χ1) is 5.61. The summed E-state index contributed by atoms with van der Waals surface area (Å²) in [6.07, 6.45) is 0. The Labute approximate surface area is 78.6 Å². The second-order valence-electron chi connectivity index (χ2n) is 3.69. The van der Waals surface area contributed by atoms with Gasteiger partial charge in [0.1, 0.15) is 0 Å². The number of rotatable bonds is 1. The Morgan fingerprint density at radius 3 is 2.00 bits per heavy atom. The van der Waals surface area contributed by atoms with Crippen LogP contribution in [0.25, 0.3) is 0 Å². The van der Waals surface area contributed by atoms with Gasteiger partial charge >= 0.3 is 0 Å². The van der Waals surface area contributed by atoms with Crippen molar-refractivity contribution in [3.05, 3.63) is 0 Å². The summed E-state index contributed by atoms with van der Waals surface area (Å²) in [5, 5.41) is 0. The summed E-state index contributed by atoms with van der Waals surface area (Å²) in [5.41, 5.74) is 5.86. The van der Waals surface area contributed by atoms with Crippen LogP contribution in [-0.2, 0) is 0 Å². The van der Waals surface area contributed by atoms with E-state index in [1.807, 2.05) is 13.8 Å². The molecule has 0 aromatic rings. The standard InChI is InChI=1S/C8H18N2.C2H6.H2/c1-6(2)10-4-7(3)8(9)5-10;1-2;/h6-8H,4-5,9H2,1-3H3;1-2H3;1H/t7-,8+;;/m1../s1. The van der Waals surface area contributed by atoms with E-state index in [0.29, 0.717) is 18.0 Å². The van der Waals surface area contributed by atoms with Gasteiger partial charge in [0, 0.05) is 26.6 Å². The zero-order chi connectivity index (χ0) is 9.72. The smallest absolute Gasteiger partial charge is 0.0206 e. The van der Waals surface area contributed by atoms with E-state index < -0.39 is 0 Å². The van der Waals surface area contributed by atoms with Gasteiger partial charge in [-0.1, -0.05) is 20.8 Å². The van der Waals surface area contributed by atoms with Crippen LogP contribution in [0.3, 0.4) is 0 Å². The third kappa shape index (κ3) is 3.11. The number of hydrogen-bond acceptors (Lipinski definition) is 2. The average molecular weight is 174 g/mol. The van der Waals surface area contributed by atoms with Gasteiger partial charge in [-0.3, -0.25) is 4.90 Å². The fourth-order valence-electron chi connectivity index (χ4n) is 1.45. The molecular weight excluding hydrogens is 148 g/mol. The lowest BCUT2D eigenvalue weighted by molar-refractivity contribution is 0.266. The fraction of sp³-hybridized carbons (Fsp3) is 1.00. The Kier molecular flexibility index (Phi) is 5.51. The van der Waals surface area contributed by atoms with Crippen molar-refractivity contribution in [2.45, 2.75) is 46.7 Å². The summed E-state index contributed by atoms with van der Waals surface area (Å²) >= 11 is 0. The third-order valence-electron chi connectivity index (χ3n) is 2.43. The highest BCUT2D eigenvalue weighted by molar-refractivity contribution is 4.85. The molecule has 0 spiro atoms. The van der Waals surface area contributed by atoms with Crippen molar-refractivity contribution in [1.29, 1.82) is 0 Å². The van der Waals surface area contributed by atoms with Gasteiger partial charge in [-0.25, -0.2) is 0 Å². The summed E-state index contributed by atoms with van der Waals surface area (Å²) in [7, 11) is 0. The zero-order valence-corrected chi connectivity index (χ0v) is 9.17. The molecule has 0 aromatic carbocycles. The van der Waals surface area contributed by atoms with Crippen LogP contribution in [0.2, 0.25) is 0 Å². The molecule has 0 aromatic heterocycles. The molecule has 2 N–H and O–H groups in total. The molecule has 2 atom stereocenters. The Morgan fingerprint density at radius 1 is 1.33 bits per heavy atom. The van der Waals surface area contributed by atoms with Gasteiger partial charge in [0.15, 0.2) is 0 Å². The van der Waals surface area contributed by atoms with Gasteiger partial charge in [-0.15, -0.1) is 0 Å². The molecule has 2 heteroatoms. The van der Waals surface area contributed by atoms with Crippen molar-refractivity contribution in [2.75, 3.05) is 13.1 Å². The summed E-state index contributed by atoms with van der Waals surface area (Å²) < 4.78 is 0. The van der Waals surface area contributed by atoms with E-state index in [2.05, 4.69) is 25.7 Å². The summed E-state index contributed by atoms with van der Waals surface area (Å²) in [6.45, 7) is 12.9. The van der Waals surface area contributed by atoms with Crippen LogP contribution in [-0.4, -0.2) is 30.1 Å². The van der Waals surface area contributed by atoms with Crippen LogP contribution < -0.4 is 5.73 Å². The van der Waals surface area contributed by atoms with E-state index in [4.69, 9.17) is 5.73 Å². The lowest BCUT2D eigenvalue weighted by atomic mass is 10.1. The van der Waals surface area contributed by atoms with Crippen LogP contribution in [0.5, 0.6) is 0 Å². The second-order valence-corrected chi connectivity index (χ2v) is 3.69. The van der Waals surface area contributed by atoms with Crippen molar-refractivity contribution >= 4 is 0 Å². The quantitative estimate of drug-likeness (QED) is 0.658. The predicted octanol–water partition coefficient (Wildman–Crippen LogP) is 1.95. The highest BCUT2D eigenvalue weighted by atomic mass is 15.2. The number of hydrogen-bond donors (Lipinski definition) is 1. The molecule has 1 heterocycles. The molecule has 1 aliphatic heterocycles. The minimum atomic E-state index is 0. The lowest BCUT2D eigenvalue weighted by Gasteiger charge is -2.19. The molecule has 0 bridgehead atoms. The van der Waals surface area contributed by atoms with E-state index in [1.165, 1.54) is 6.54 Å². The monoisotopic (exact) mass is 174 g/mol. The molecule has 0 amide bonds. The Bertz CT molecular complexity index is 107. The minimum absolute atomic E-state index is 0. The van der Waals surface area contributed by atoms with Crippen molar-refractivity contribution in [2.24, 2.45) is 11.7 Å². The molecule has 1 aliphatic rings.